The van der Waals surface area contributed by atoms with E-state index in [1.165, 1.54) is 18.9 Å². The minimum atomic E-state index is -1.06. The van der Waals surface area contributed by atoms with E-state index in [2.05, 4.69) is 16.0 Å². The number of methoxy groups -OCH3 is 1. The number of hydrogen-bond acceptors (Lipinski definition) is 6. The molecule has 0 aliphatic carbocycles. The highest BCUT2D eigenvalue weighted by Crippen LogP contribution is 2.38. The summed E-state index contributed by atoms with van der Waals surface area (Å²) in [4.78, 5) is 63.5. The molecule has 2 saturated heterocycles. The van der Waals surface area contributed by atoms with Gasteiger partial charge in [0.15, 0.2) is 0 Å². The van der Waals surface area contributed by atoms with Crippen LogP contribution in [-0.2, 0) is 35.1 Å². The first-order valence-corrected chi connectivity index (χ1v) is 11.0. The summed E-state index contributed by atoms with van der Waals surface area (Å²) in [5.74, 6) is -2.08. The third-order valence-electron chi connectivity index (χ3n) is 6.23. The molecule has 10 heteroatoms. The molecule has 0 spiro atoms. The van der Waals surface area contributed by atoms with Crippen molar-refractivity contribution in [2.24, 2.45) is 0 Å². The summed E-state index contributed by atoms with van der Waals surface area (Å²) in [6.07, 6.45) is 2.04. The van der Waals surface area contributed by atoms with Crippen LogP contribution in [0.1, 0.15) is 38.2 Å². The maximum atomic E-state index is 13.4. The Morgan fingerprint density at radius 2 is 1.91 bits per heavy atom. The van der Waals surface area contributed by atoms with E-state index in [0.29, 0.717) is 25.8 Å². The number of carbonyl (C=O) groups excluding carboxylic acids is 5. The Hall–Kier alpha value is -3.43. The van der Waals surface area contributed by atoms with Gasteiger partial charge in [-0.3, -0.25) is 19.2 Å². The quantitative estimate of drug-likeness (QED) is 0.457. The van der Waals surface area contributed by atoms with Gasteiger partial charge < -0.3 is 25.6 Å². The third kappa shape index (κ3) is 5.50. The lowest BCUT2D eigenvalue weighted by molar-refractivity contribution is -0.154. The van der Waals surface area contributed by atoms with Crippen LogP contribution < -0.4 is 16.0 Å². The molecular weight excluding hydrogens is 428 g/mol. The second-order valence-corrected chi connectivity index (χ2v) is 8.43. The number of rotatable bonds is 8. The summed E-state index contributed by atoms with van der Waals surface area (Å²) in [5.41, 5.74) is -0.186. The third-order valence-corrected chi connectivity index (χ3v) is 6.23. The predicted octanol–water partition coefficient (Wildman–Crippen LogP) is -0.337. The lowest BCUT2D eigenvalue weighted by atomic mass is 9.83. The van der Waals surface area contributed by atoms with Crippen LogP contribution in [0.25, 0.3) is 0 Å². The molecule has 0 aromatic heterocycles. The molecule has 0 radical (unpaired) electrons. The lowest BCUT2D eigenvalue weighted by Gasteiger charge is -2.44. The minimum Gasteiger partial charge on any atom is -0.467 e. The number of nitrogens with one attached hydrogen (secondary N) is 3. The van der Waals surface area contributed by atoms with Crippen molar-refractivity contribution in [1.82, 2.24) is 20.9 Å². The van der Waals surface area contributed by atoms with Gasteiger partial charge in [0.05, 0.1) is 13.7 Å². The molecule has 33 heavy (non-hydrogen) atoms. The highest BCUT2D eigenvalue weighted by molar-refractivity contribution is 5.98. The van der Waals surface area contributed by atoms with Crippen LogP contribution in [0.2, 0.25) is 0 Å². The van der Waals surface area contributed by atoms with Crippen molar-refractivity contribution in [2.45, 2.75) is 56.7 Å². The summed E-state index contributed by atoms with van der Waals surface area (Å²) in [6.45, 7) is 1.48. The maximum Gasteiger partial charge on any atom is 0.328 e. The molecule has 4 amide bonds. The SMILES string of the molecule is COC(=O)[C@H](Cc1ccccc1)NC(=O)[C@]12CCCN1C(=O)[C@@H](NC(=O)CNC(C)=O)CC2. The van der Waals surface area contributed by atoms with Gasteiger partial charge in [-0.15, -0.1) is 0 Å². The number of esters is 1. The van der Waals surface area contributed by atoms with E-state index in [9.17, 15) is 24.0 Å². The van der Waals surface area contributed by atoms with E-state index in [1.807, 2.05) is 30.3 Å². The lowest BCUT2D eigenvalue weighted by Crippen LogP contribution is -2.66. The van der Waals surface area contributed by atoms with Gasteiger partial charge in [0.25, 0.3) is 0 Å². The second-order valence-electron chi connectivity index (χ2n) is 8.43. The van der Waals surface area contributed by atoms with Crippen molar-refractivity contribution < 1.29 is 28.7 Å². The van der Waals surface area contributed by atoms with Crippen LogP contribution >= 0.6 is 0 Å². The van der Waals surface area contributed by atoms with E-state index < -0.39 is 29.5 Å². The van der Waals surface area contributed by atoms with E-state index in [4.69, 9.17) is 4.74 Å². The summed E-state index contributed by atoms with van der Waals surface area (Å²) in [6, 6.07) is 7.65. The number of benzene rings is 1. The number of piperidine rings is 1. The van der Waals surface area contributed by atoms with Crippen LogP contribution in [0, 0.1) is 0 Å². The summed E-state index contributed by atoms with van der Waals surface area (Å²) >= 11 is 0. The number of carbonyl (C=O) groups is 5. The van der Waals surface area contributed by atoms with Crippen LogP contribution in [0.5, 0.6) is 0 Å². The summed E-state index contributed by atoms with van der Waals surface area (Å²) in [5, 5.41) is 7.85. The standard InChI is InChI=1S/C23H30N4O6/c1-15(28)24-14-19(29)25-17-9-11-23(10-6-12-27(23)20(17)30)22(32)26-18(21(31)33-2)13-16-7-4-3-5-8-16/h3-5,7-8,17-18H,6,9-14H2,1-2H3,(H,24,28)(H,25,29)(H,26,32)/t17-,18-,23+/m0/s1. The smallest absolute Gasteiger partial charge is 0.328 e. The first kappa shape index (κ1) is 24.2. The highest BCUT2D eigenvalue weighted by Gasteiger charge is 2.54. The first-order valence-electron chi connectivity index (χ1n) is 11.0. The van der Waals surface area contributed by atoms with Crippen LogP contribution in [0.4, 0.5) is 0 Å². The summed E-state index contributed by atoms with van der Waals surface area (Å²) < 4.78 is 4.89. The van der Waals surface area contributed by atoms with Crippen molar-refractivity contribution in [1.29, 1.82) is 0 Å². The fourth-order valence-corrected chi connectivity index (χ4v) is 4.57. The topological polar surface area (TPSA) is 134 Å². The Morgan fingerprint density at radius 3 is 2.58 bits per heavy atom. The van der Waals surface area contributed by atoms with Crippen molar-refractivity contribution in [3.8, 4) is 0 Å². The van der Waals surface area contributed by atoms with E-state index in [0.717, 1.165) is 5.56 Å². The molecule has 3 N–H and O–H groups in total. The normalized spacial score (nSPS) is 22.7. The number of hydrogen-bond donors (Lipinski definition) is 3. The average molecular weight is 459 g/mol. The predicted molar refractivity (Wildman–Crippen MR) is 118 cm³/mol. The van der Waals surface area contributed by atoms with Gasteiger partial charge in [0, 0.05) is 19.9 Å². The van der Waals surface area contributed by atoms with E-state index >= 15 is 0 Å². The van der Waals surface area contributed by atoms with Crippen molar-refractivity contribution in [2.75, 3.05) is 20.2 Å². The monoisotopic (exact) mass is 458 g/mol. The Labute approximate surface area is 192 Å². The number of amides is 4. The Balaban J connectivity index is 1.70. The Bertz CT molecular complexity index is 921. The van der Waals surface area contributed by atoms with Gasteiger partial charge in [-0.25, -0.2) is 4.79 Å². The van der Waals surface area contributed by atoms with Gasteiger partial charge in [0.2, 0.25) is 23.6 Å². The zero-order valence-electron chi connectivity index (χ0n) is 18.9. The minimum absolute atomic E-state index is 0.217. The molecule has 0 unspecified atom stereocenters. The molecule has 0 bridgehead atoms. The fourth-order valence-electron chi connectivity index (χ4n) is 4.57. The Morgan fingerprint density at radius 1 is 1.18 bits per heavy atom. The largest absolute Gasteiger partial charge is 0.467 e. The number of nitrogens with zero attached hydrogens (tertiary/aromatic N) is 1. The zero-order valence-corrected chi connectivity index (χ0v) is 18.9. The van der Waals surface area contributed by atoms with Crippen LogP contribution in [0.15, 0.2) is 30.3 Å². The van der Waals surface area contributed by atoms with Gasteiger partial charge in [-0.05, 0) is 31.2 Å². The molecule has 2 aliphatic rings. The first-order chi connectivity index (χ1) is 15.8. The molecule has 2 fully saturated rings. The summed E-state index contributed by atoms with van der Waals surface area (Å²) in [7, 11) is 1.27. The Kier molecular flexibility index (Phi) is 7.67. The molecular formula is C23H30N4O6. The van der Waals surface area contributed by atoms with Crippen molar-refractivity contribution in [3.63, 3.8) is 0 Å². The number of ether oxygens (including phenoxy) is 1. The average Bonchev–Trinajstić information content (AvgIpc) is 3.25. The van der Waals surface area contributed by atoms with Gasteiger partial charge in [-0.1, -0.05) is 30.3 Å². The molecule has 178 valence electrons. The molecule has 0 saturated carbocycles. The molecule has 2 aliphatic heterocycles. The molecule has 3 rings (SSSR count). The molecule has 1 aromatic carbocycles. The molecule has 1 aromatic rings. The van der Waals surface area contributed by atoms with Gasteiger partial charge in [0.1, 0.15) is 17.6 Å². The second kappa shape index (κ2) is 10.5. The van der Waals surface area contributed by atoms with Gasteiger partial charge >= 0.3 is 5.97 Å². The molecule has 3 atom stereocenters. The van der Waals surface area contributed by atoms with Crippen LogP contribution in [-0.4, -0.2) is 72.3 Å². The zero-order chi connectivity index (χ0) is 24.0. The molecule has 10 nitrogen and oxygen atoms in total. The number of fused-ring (bicyclic) bond motifs is 1. The maximum absolute atomic E-state index is 13.4. The highest BCUT2D eigenvalue weighted by atomic mass is 16.5. The van der Waals surface area contributed by atoms with E-state index in [-0.39, 0.29) is 37.1 Å². The van der Waals surface area contributed by atoms with Crippen molar-refractivity contribution >= 4 is 29.6 Å². The molecule has 2 heterocycles. The van der Waals surface area contributed by atoms with Gasteiger partial charge in [-0.2, -0.15) is 0 Å². The van der Waals surface area contributed by atoms with Crippen molar-refractivity contribution in [3.05, 3.63) is 35.9 Å². The fraction of sp³-hybridized carbons (Fsp3) is 0.522. The van der Waals surface area contributed by atoms with Crippen LogP contribution in [0.3, 0.4) is 0 Å². The van der Waals surface area contributed by atoms with E-state index in [1.54, 1.807) is 0 Å².